The Morgan fingerprint density at radius 1 is 1.21 bits per heavy atom. The number of halogens is 2. The molecule has 24 heavy (non-hydrogen) atoms. The summed E-state index contributed by atoms with van der Waals surface area (Å²) >= 11 is 5.62. The van der Waals surface area contributed by atoms with Gasteiger partial charge in [0.1, 0.15) is 11.6 Å². The molecule has 0 bridgehead atoms. The standard InChI is InChI=1S/C15H13ClFNO5S/c1-22-15(19)9-23-11-3-5-12(6-4-11)24(20,21)18-10-2-7-14(17)13(16)8-10/h2-8,18H,9H2,1H3. The Balaban J connectivity index is 2.11. The van der Waals surface area contributed by atoms with Crippen molar-refractivity contribution in [2.75, 3.05) is 18.4 Å². The SMILES string of the molecule is COC(=O)COc1ccc(S(=O)(=O)Nc2ccc(F)c(Cl)c2)cc1. The maximum absolute atomic E-state index is 13.1. The summed E-state index contributed by atoms with van der Waals surface area (Å²) < 4.78 is 49.5. The second kappa shape index (κ2) is 7.50. The molecule has 2 rings (SSSR count). The van der Waals surface area contributed by atoms with Crippen LogP contribution in [0.25, 0.3) is 0 Å². The summed E-state index contributed by atoms with van der Waals surface area (Å²) in [4.78, 5) is 10.9. The lowest BCUT2D eigenvalue weighted by atomic mass is 10.3. The predicted molar refractivity (Wildman–Crippen MR) is 86.2 cm³/mol. The zero-order chi connectivity index (χ0) is 17.7. The summed E-state index contributed by atoms with van der Waals surface area (Å²) in [6.07, 6.45) is 0. The van der Waals surface area contributed by atoms with E-state index in [9.17, 15) is 17.6 Å². The number of methoxy groups -OCH3 is 1. The van der Waals surface area contributed by atoms with Crippen LogP contribution in [0.3, 0.4) is 0 Å². The highest BCUT2D eigenvalue weighted by Crippen LogP contribution is 2.23. The summed E-state index contributed by atoms with van der Waals surface area (Å²) in [5, 5.41) is -0.193. The van der Waals surface area contributed by atoms with Crippen LogP contribution >= 0.6 is 11.6 Å². The Hall–Kier alpha value is -2.32. The van der Waals surface area contributed by atoms with Crippen molar-refractivity contribution in [2.24, 2.45) is 0 Å². The maximum atomic E-state index is 13.1. The first-order valence-electron chi connectivity index (χ1n) is 6.59. The van der Waals surface area contributed by atoms with Crippen molar-refractivity contribution in [3.63, 3.8) is 0 Å². The van der Waals surface area contributed by atoms with Gasteiger partial charge in [-0.1, -0.05) is 11.6 Å². The number of hydrogen-bond donors (Lipinski definition) is 1. The number of nitrogens with one attached hydrogen (secondary N) is 1. The lowest BCUT2D eigenvalue weighted by molar-refractivity contribution is -0.142. The molecule has 0 aliphatic rings. The van der Waals surface area contributed by atoms with Gasteiger partial charge in [0.25, 0.3) is 10.0 Å². The smallest absolute Gasteiger partial charge is 0.343 e. The van der Waals surface area contributed by atoms with Gasteiger partial charge in [0, 0.05) is 0 Å². The van der Waals surface area contributed by atoms with Gasteiger partial charge in [0.05, 0.1) is 22.7 Å². The van der Waals surface area contributed by atoms with Crippen molar-refractivity contribution in [1.29, 1.82) is 0 Å². The molecule has 2 aromatic carbocycles. The highest BCUT2D eigenvalue weighted by molar-refractivity contribution is 7.92. The molecule has 0 saturated heterocycles. The van der Waals surface area contributed by atoms with Crippen LogP contribution in [0.5, 0.6) is 5.75 Å². The zero-order valence-electron chi connectivity index (χ0n) is 12.5. The molecule has 0 radical (unpaired) electrons. The number of anilines is 1. The molecule has 0 aliphatic heterocycles. The molecule has 2 aromatic rings. The molecule has 0 heterocycles. The van der Waals surface area contributed by atoms with Crippen LogP contribution in [0.15, 0.2) is 47.4 Å². The number of rotatable bonds is 6. The van der Waals surface area contributed by atoms with Crippen molar-refractivity contribution in [1.82, 2.24) is 0 Å². The normalized spacial score (nSPS) is 11.0. The van der Waals surface area contributed by atoms with Crippen molar-refractivity contribution in [2.45, 2.75) is 4.90 Å². The van der Waals surface area contributed by atoms with Crippen molar-refractivity contribution in [3.8, 4) is 5.75 Å². The monoisotopic (exact) mass is 373 g/mol. The minimum absolute atomic E-state index is 0.0339. The van der Waals surface area contributed by atoms with Gasteiger partial charge in [-0.25, -0.2) is 17.6 Å². The van der Waals surface area contributed by atoms with Gasteiger partial charge < -0.3 is 9.47 Å². The largest absolute Gasteiger partial charge is 0.482 e. The van der Waals surface area contributed by atoms with E-state index < -0.39 is 21.8 Å². The zero-order valence-corrected chi connectivity index (χ0v) is 14.0. The summed E-state index contributed by atoms with van der Waals surface area (Å²) in [5.74, 6) is -0.891. The lowest BCUT2D eigenvalue weighted by Gasteiger charge is -2.10. The average Bonchev–Trinajstić information content (AvgIpc) is 2.56. The highest BCUT2D eigenvalue weighted by atomic mass is 35.5. The van der Waals surface area contributed by atoms with E-state index in [4.69, 9.17) is 16.3 Å². The first kappa shape index (κ1) is 18.0. The second-order valence-corrected chi connectivity index (χ2v) is 6.66. The Kier molecular flexibility index (Phi) is 5.63. The number of carbonyl (C=O) groups is 1. The Morgan fingerprint density at radius 2 is 1.88 bits per heavy atom. The number of hydrogen-bond acceptors (Lipinski definition) is 5. The molecule has 0 saturated carbocycles. The van der Waals surface area contributed by atoms with Gasteiger partial charge in [-0.05, 0) is 42.5 Å². The van der Waals surface area contributed by atoms with Crippen LogP contribution in [0.2, 0.25) is 5.02 Å². The highest BCUT2D eigenvalue weighted by Gasteiger charge is 2.15. The number of ether oxygens (including phenoxy) is 2. The predicted octanol–water partition coefficient (Wildman–Crippen LogP) is 2.83. The molecule has 1 N–H and O–H groups in total. The second-order valence-electron chi connectivity index (χ2n) is 4.57. The fraction of sp³-hybridized carbons (Fsp3) is 0.133. The molecule has 0 atom stereocenters. The minimum Gasteiger partial charge on any atom is -0.482 e. The number of sulfonamides is 1. The Labute approximate surface area is 143 Å². The van der Waals surface area contributed by atoms with Gasteiger partial charge in [0.15, 0.2) is 6.61 Å². The van der Waals surface area contributed by atoms with E-state index in [-0.39, 0.29) is 22.2 Å². The fourth-order valence-corrected chi connectivity index (χ4v) is 2.92. The van der Waals surface area contributed by atoms with E-state index in [1.165, 1.54) is 43.5 Å². The van der Waals surface area contributed by atoms with Crippen molar-refractivity contribution in [3.05, 3.63) is 53.3 Å². The third-order valence-electron chi connectivity index (χ3n) is 2.89. The first-order chi connectivity index (χ1) is 11.3. The van der Waals surface area contributed by atoms with E-state index >= 15 is 0 Å². The van der Waals surface area contributed by atoms with E-state index in [1.807, 2.05) is 0 Å². The van der Waals surface area contributed by atoms with Gasteiger partial charge in [-0.15, -0.1) is 0 Å². The molecular weight excluding hydrogens is 361 g/mol. The van der Waals surface area contributed by atoms with E-state index in [1.54, 1.807) is 0 Å². The van der Waals surface area contributed by atoms with E-state index in [0.717, 1.165) is 6.07 Å². The van der Waals surface area contributed by atoms with Crippen LogP contribution in [0, 0.1) is 5.82 Å². The van der Waals surface area contributed by atoms with Crippen molar-refractivity contribution >= 4 is 33.3 Å². The molecular formula is C15H13ClFNO5S. The molecule has 0 spiro atoms. The molecule has 9 heteroatoms. The molecule has 0 aromatic heterocycles. The van der Waals surface area contributed by atoms with Crippen LogP contribution in [0.4, 0.5) is 10.1 Å². The van der Waals surface area contributed by atoms with Gasteiger partial charge in [0.2, 0.25) is 0 Å². The molecule has 0 unspecified atom stereocenters. The molecule has 0 aliphatic carbocycles. The lowest BCUT2D eigenvalue weighted by Crippen LogP contribution is -2.14. The Morgan fingerprint density at radius 3 is 2.46 bits per heavy atom. The third-order valence-corrected chi connectivity index (χ3v) is 4.58. The molecule has 6 nitrogen and oxygen atoms in total. The quantitative estimate of drug-likeness (QED) is 0.787. The summed E-state index contributed by atoms with van der Waals surface area (Å²) in [6, 6.07) is 8.89. The van der Waals surface area contributed by atoms with Gasteiger partial charge >= 0.3 is 5.97 Å². The number of benzene rings is 2. The number of esters is 1. The van der Waals surface area contributed by atoms with Crippen molar-refractivity contribution < 1.29 is 27.1 Å². The third kappa shape index (κ3) is 4.59. The maximum Gasteiger partial charge on any atom is 0.343 e. The van der Waals surface area contributed by atoms with Gasteiger partial charge in [-0.2, -0.15) is 0 Å². The van der Waals surface area contributed by atoms with E-state index in [2.05, 4.69) is 9.46 Å². The average molecular weight is 374 g/mol. The fourth-order valence-electron chi connectivity index (χ4n) is 1.69. The summed E-state index contributed by atoms with van der Waals surface area (Å²) in [5.41, 5.74) is 0.132. The topological polar surface area (TPSA) is 81.7 Å². The van der Waals surface area contributed by atoms with Crippen LogP contribution in [-0.4, -0.2) is 28.1 Å². The van der Waals surface area contributed by atoms with Crippen LogP contribution in [-0.2, 0) is 19.6 Å². The van der Waals surface area contributed by atoms with Gasteiger partial charge in [-0.3, -0.25) is 4.72 Å². The first-order valence-corrected chi connectivity index (χ1v) is 8.45. The minimum atomic E-state index is -3.87. The molecule has 0 amide bonds. The number of carbonyl (C=O) groups excluding carboxylic acids is 1. The van der Waals surface area contributed by atoms with Crippen LogP contribution in [0.1, 0.15) is 0 Å². The summed E-state index contributed by atoms with van der Waals surface area (Å²) in [6.45, 7) is -0.283. The summed E-state index contributed by atoms with van der Waals surface area (Å²) in [7, 11) is -2.64. The Bertz CT molecular complexity index is 839. The van der Waals surface area contributed by atoms with E-state index in [0.29, 0.717) is 5.75 Å². The van der Waals surface area contributed by atoms with Crippen LogP contribution < -0.4 is 9.46 Å². The molecule has 128 valence electrons. The molecule has 0 fully saturated rings.